The normalized spacial score (nSPS) is 17.5. The van der Waals surface area contributed by atoms with Gasteiger partial charge in [0.05, 0.1) is 0 Å². The number of ether oxygens (including phenoxy) is 1. The zero-order valence-electron chi connectivity index (χ0n) is 17.2. The summed E-state index contributed by atoms with van der Waals surface area (Å²) in [5, 5.41) is 4.75. The maximum absolute atomic E-state index is 14.0. The maximum Gasteiger partial charge on any atom is 0.204 e. The van der Waals surface area contributed by atoms with Crippen molar-refractivity contribution in [1.29, 1.82) is 0 Å². The molecule has 0 bridgehead atoms. The summed E-state index contributed by atoms with van der Waals surface area (Å²) < 4.78 is 33.4. The van der Waals surface area contributed by atoms with Gasteiger partial charge in [-0.2, -0.15) is 0 Å². The highest BCUT2D eigenvalue weighted by Crippen LogP contribution is 2.29. The van der Waals surface area contributed by atoms with Crippen molar-refractivity contribution in [3.63, 3.8) is 0 Å². The molecule has 1 aromatic rings. The molecule has 1 unspecified atom stereocenters. The first-order valence-electron chi connectivity index (χ1n) is 10.1. The van der Waals surface area contributed by atoms with Crippen molar-refractivity contribution >= 4 is 0 Å². The zero-order valence-corrected chi connectivity index (χ0v) is 17.2. The molecule has 156 valence electrons. The van der Waals surface area contributed by atoms with Gasteiger partial charge in [0.25, 0.3) is 0 Å². The molecule has 28 heavy (non-hydrogen) atoms. The van der Waals surface area contributed by atoms with E-state index in [0.717, 1.165) is 36.6 Å². The van der Waals surface area contributed by atoms with Crippen molar-refractivity contribution in [1.82, 2.24) is 10.3 Å². The van der Waals surface area contributed by atoms with Crippen LogP contribution in [0.5, 0.6) is 0 Å². The molecule has 0 aliphatic heterocycles. The van der Waals surface area contributed by atoms with Crippen molar-refractivity contribution in [2.45, 2.75) is 58.6 Å². The molecule has 0 radical (unpaired) electrons. The number of nitrogens with zero attached hydrogens (tertiary/aromatic N) is 1. The second kappa shape index (κ2) is 11.2. The van der Waals surface area contributed by atoms with Crippen LogP contribution >= 0.6 is 0 Å². The van der Waals surface area contributed by atoms with E-state index in [-0.39, 0.29) is 18.2 Å². The summed E-state index contributed by atoms with van der Waals surface area (Å²) in [5.41, 5.74) is 1.17. The quantitative estimate of drug-likeness (QED) is 0.278. The van der Waals surface area contributed by atoms with Gasteiger partial charge in [0.15, 0.2) is 0 Å². The van der Waals surface area contributed by atoms with E-state index in [1.54, 1.807) is 5.01 Å². The Bertz CT molecular complexity index is 684. The third kappa shape index (κ3) is 6.31. The third-order valence-electron chi connectivity index (χ3n) is 5.47. The molecule has 1 saturated carbocycles. The smallest absolute Gasteiger partial charge is 0.204 e. The summed E-state index contributed by atoms with van der Waals surface area (Å²) in [6.07, 6.45) is 9.85. The molecule has 1 aliphatic carbocycles. The van der Waals surface area contributed by atoms with Crippen LogP contribution in [-0.4, -0.2) is 24.6 Å². The number of benzene rings is 1. The number of rotatable bonds is 9. The van der Waals surface area contributed by atoms with Gasteiger partial charge in [-0.3, -0.25) is 5.01 Å². The Morgan fingerprint density at radius 1 is 1.32 bits per heavy atom. The van der Waals surface area contributed by atoms with E-state index < -0.39 is 11.6 Å². The number of allylic oxidation sites excluding steroid dienone is 1. The van der Waals surface area contributed by atoms with E-state index in [1.807, 2.05) is 26.1 Å². The molecule has 1 aromatic carbocycles. The highest BCUT2D eigenvalue weighted by Gasteiger charge is 2.26. The Balaban J connectivity index is 2.20. The van der Waals surface area contributed by atoms with Gasteiger partial charge in [-0.1, -0.05) is 25.3 Å². The summed E-state index contributed by atoms with van der Waals surface area (Å²) in [6, 6.07) is 3.46. The summed E-state index contributed by atoms with van der Waals surface area (Å²) in [7, 11) is 1.87. The van der Waals surface area contributed by atoms with E-state index in [0.29, 0.717) is 18.3 Å². The number of hydrogen-bond donors (Lipinski definition) is 2. The largest absolute Gasteiger partial charge is 0.473 e. The topological polar surface area (TPSA) is 50.5 Å². The van der Waals surface area contributed by atoms with Gasteiger partial charge in [-0.05, 0) is 63.4 Å². The first-order chi connectivity index (χ1) is 13.5. The molecule has 0 heterocycles. The number of hydrogen-bond acceptors (Lipinski definition) is 4. The number of nitrogens with one attached hydrogen (secondary N) is 1. The molecular weight excluding hydrogens is 360 g/mol. The Morgan fingerprint density at radius 3 is 2.68 bits per heavy atom. The summed E-state index contributed by atoms with van der Waals surface area (Å²) in [5.74, 6) is 6.42. The molecule has 0 spiro atoms. The summed E-state index contributed by atoms with van der Waals surface area (Å²) in [6.45, 7) is 4.61. The predicted molar refractivity (Wildman–Crippen MR) is 109 cm³/mol. The fourth-order valence-corrected chi connectivity index (χ4v) is 3.64. The van der Waals surface area contributed by atoms with E-state index in [9.17, 15) is 8.78 Å². The van der Waals surface area contributed by atoms with Crippen LogP contribution in [0, 0.1) is 17.6 Å². The standard InChI is InChI=1S/C22H33F2N3O/c1-4-17(14-26-3)12-22(27(25)16(2)18-8-6-5-7-9-18)28-15-19-13-20(23)10-11-21(19)24/h4,10-13,16,18,26H,5-9,14-15,25H2,1-3H3/b17-4+,22-12+. The van der Waals surface area contributed by atoms with Gasteiger partial charge in [0.1, 0.15) is 18.2 Å². The first kappa shape index (κ1) is 22.4. The second-order valence-corrected chi connectivity index (χ2v) is 7.45. The Morgan fingerprint density at radius 2 is 2.04 bits per heavy atom. The minimum absolute atomic E-state index is 0.0862. The van der Waals surface area contributed by atoms with Crippen molar-refractivity contribution in [3.05, 3.63) is 59.0 Å². The number of hydrazine groups is 1. The molecule has 4 nitrogen and oxygen atoms in total. The second-order valence-electron chi connectivity index (χ2n) is 7.45. The predicted octanol–water partition coefficient (Wildman–Crippen LogP) is 4.63. The maximum atomic E-state index is 14.0. The van der Waals surface area contributed by atoms with Crippen molar-refractivity contribution in [3.8, 4) is 0 Å². The molecular formula is C22H33F2N3O. The third-order valence-corrected chi connectivity index (χ3v) is 5.47. The molecule has 1 aliphatic rings. The molecule has 0 saturated heterocycles. The van der Waals surface area contributed by atoms with Crippen molar-refractivity contribution in [2.24, 2.45) is 11.8 Å². The van der Waals surface area contributed by atoms with Crippen LogP contribution < -0.4 is 11.2 Å². The van der Waals surface area contributed by atoms with Gasteiger partial charge in [-0.15, -0.1) is 0 Å². The van der Waals surface area contributed by atoms with Gasteiger partial charge in [0, 0.05) is 24.2 Å². The molecule has 2 rings (SSSR count). The van der Waals surface area contributed by atoms with E-state index >= 15 is 0 Å². The average molecular weight is 394 g/mol. The Labute approximate surface area is 167 Å². The monoisotopic (exact) mass is 393 g/mol. The van der Waals surface area contributed by atoms with Crippen LogP contribution in [-0.2, 0) is 11.3 Å². The Kier molecular flexibility index (Phi) is 8.93. The lowest BCUT2D eigenvalue weighted by Crippen LogP contribution is -2.44. The summed E-state index contributed by atoms with van der Waals surface area (Å²) in [4.78, 5) is 0. The van der Waals surface area contributed by atoms with Crippen LogP contribution in [0.25, 0.3) is 0 Å². The van der Waals surface area contributed by atoms with E-state index in [2.05, 4.69) is 12.2 Å². The summed E-state index contributed by atoms with van der Waals surface area (Å²) >= 11 is 0. The van der Waals surface area contributed by atoms with Gasteiger partial charge >= 0.3 is 0 Å². The average Bonchev–Trinajstić information content (AvgIpc) is 2.72. The van der Waals surface area contributed by atoms with Crippen molar-refractivity contribution < 1.29 is 13.5 Å². The van der Waals surface area contributed by atoms with Gasteiger partial charge < -0.3 is 10.1 Å². The highest BCUT2D eigenvalue weighted by atomic mass is 19.1. The van der Waals surface area contributed by atoms with Crippen LogP contribution in [0.2, 0.25) is 0 Å². The minimum Gasteiger partial charge on any atom is -0.473 e. The fourth-order valence-electron chi connectivity index (χ4n) is 3.64. The number of likely N-dealkylation sites (N-methyl/N-ethyl adjacent to an activating group) is 1. The number of halogens is 2. The van der Waals surface area contributed by atoms with Crippen LogP contribution in [0.3, 0.4) is 0 Å². The SMILES string of the molecule is C/C=C(\C=C(\OCc1cc(F)ccc1F)N(N)C(C)C1CCCCC1)CNC. The van der Waals surface area contributed by atoms with Crippen molar-refractivity contribution in [2.75, 3.05) is 13.6 Å². The minimum atomic E-state index is -0.494. The fraction of sp³-hybridized carbons (Fsp3) is 0.545. The lowest BCUT2D eigenvalue weighted by atomic mass is 9.84. The molecule has 6 heteroatoms. The molecule has 0 aromatic heterocycles. The van der Waals surface area contributed by atoms with Gasteiger partial charge in [-0.25, -0.2) is 14.6 Å². The molecule has 1 atom stereocenters. The Hall–Kier alpha value is -1.92. The van der Waals surface area contributed by atoms with Crippen LogP contribution in [0.1, 0.15) is 51.5 Å². The zero-order chi connectivity index (χ0) is 20.5. The molecule has 1 fully saturated rings. The van der Waals surface area contributed by atoms with Crippen LogP contribution in [0.4, 0.5) is 8.78 Å². The first-order valence-corrected chi connectivity index (χ1v) is 10.1. The number of nitrogens with two attached hydrogens (primary N) is 1. The van der Waals surface area contributed by atoms with E-state index in [1.165, 1.54) is 19.3 Å². The van der Waals surface area contributed by atoms with Gasteiger partial charge in [0.2, 0.25) is 5.88 Å². The molecule has 3 N–H and O–H groups in total. The molecule has 0 amide bonds. The highest BCUT2D eigenvalue weighted by molar-refractivity contribution is 5.23. The van der Waals surface area contributed by atoms with Crippen LogP contribution in [0.15, 0.2) is 41.8 Å². The lowest BCUT2D eigenvalue weighted by Gasteiger charge is -2.35. The lowest BCUT2D eigenvalue weighted by molar-refractivity contribution is 0.0529. The van der Waals surface area contributed by atoms with E-state index in [4.69, 9.17) is 10.6 Å².